The van der Waals surface area contributed by atoms with Crippen LogP contribution < -0.4 is 15.4 Å². The highest BCUT2D eigenvalue weighted by Crippen LogP contribution is 2.16. The van der Waals surface area contributed by atoms with Gasteiger partial charge in [0.2, 0.25) is 5.91 Å². The molecule has 0 atom stereocenters. The van der Waals surface area contributed by atoms with Gasteiger partial charge in [-0.15, -0.1) is 0 Å². The molecule has 158 valence electrons. The molecule has 2 N–H and O–H groups in total. The molecule has 6 nitrogen and oxygen atoms in total. The fourth-order valence-corrected chi connectivity index (χ4v) is 2.88. The van der Waals surface area contributed by atoms with Gasteiger partial charge in [-0.3, -0.25) is 14.4 Å². The minimum absolute atomic E-state index is 0.148. The van der Waals surface area contributed by atoms with Gasteiger partial charge in [-0.1, -0.05) is 30.3 Å². The van der Waals surface area contributed by atoms with E-state index in [1.165, 1.54) is 25.1 Å². The second kappa shape index (κ2) is 10.2. The fraction of sp³-hybridized carbons (Fsp3) is 0.125. The summed E-state index contributed by atoms with van der Waals surface area (Å²) in [6.07, 6.45) is 0.148. The molecule has 0 unspecified atom stereocenters. The number of amides is 2. The molecule has 2 amide bonds. The number of halogens is 1. The van der Waals surface area contributed by atoms with E-state index < -0.39 is 5.97 Å². The average molecular weight is 420 g/mol. The van der Waals surface area contributed by atoms with Gasteiger partial charge in [-0.2, -0.15) is 0 Å². The van der Waals surface area contributed by atoms with Crippen LogP contribution in [0.1, 0.15) is 28.4 Å². The minimum atomic E-state index is -0.466. The monoisotopic (exact) mass is 420 g/mol. The number of anilines is 1. The number of esters is 1. The van der Waals surface area contributed by atoms with Crippen LogP contribution in [0, 0.1) is 5.82 Å². The molecule has 0 aliphatic rings. The van der Waals surface area contributed by atoms with Gasteiger partial charge in [-0.05, 0) is 53.6 Å². The number of carbonyl (C=O) groups excluding carboxylic acids is 3. The second-order valence-corrected chi connectivity index (χ2v) is 6.86. The van der Waals surface area contributed by atoms with E-state index in [2.05, 4.69) is 10.6 Å². The smallest absolute Gasteiger partial charge is 0.308 e. The standard InChI is InChI=1S/C24H21FN2O4/c1-16(28)31-22-7-3-5-19(14-22)24(30)27-21-6-2-4-18(12-21)15-26-23(29)13-17-8-10-20(25)11-9-17/h2-12,14H,13,15H2,1H3,(H,26,29)(H,27,30). The van der Waals surface area contributed by atoms with Crippen molar-refractivity contribution >= 4 is 23.5 Å². The van der Waals surface area contributed by atoms with Gasteiger partial charge in [0.25, 0.3) is 5.91 Å². The van der Waals surface area contributed by atoms with Crippen LogP contribution in [-0.4, -0.2) is 17.8 Å². The van der Waals surface area contributed by atoms with Crippen LogP contribution in [0.3, 0.4) is 0 Å². The molecule has 0 bridgehead atoms. The summed E-state index contributed by atoms with van der Waals surface area (Å²) in [4.78, 5) is 35.7. The number of hydrogen-bond acceptors (Lipinski definition) is 4. The first-order chi connectivity index (χ1) is 14.9. The molecule has 3 aromatic carbocycles. The van der Waals surface area contributed by atoms with E-state index in [9.17, 15) is 18.8 Å². The zero-order chi connectivity index (χ0) is 22.2. The summed E-state index contributed by atoms with van der Waals surface area (Å²) in [6.45, 7) is 1.57. The van der Waals surface area contributed by atoms with Crippen LogP contribution >= 0.6 is 0 Å². The maximum absolute atomic E-state index is 12.9. The van der Waals surface area contributed by atoms with Crippen molar-refractivity contribution in [2.45, 2.75) is 19.9 Å². The van der Waals surface area contributed by atoms with Gasteiger partial charge in [0.05, 0.1) is 6.42 Å². The molecule has 0 aromatic heterocycles. The Labute approximate surface area is 179 Å². The maximum atomic E-state index is 12.9. The first-order valence-corrected chi connectivity index (χ1v) is 9.59. The highest BCUT2D eigenvalue weighted by Gasteiger charge is 2.09. The van der Waals surface area contributed by atoms with E-state index in [0.29, 0.717) is 11.3 Å². The van der Waals surface area contributed by atoms with Crippen molar-refractivity contribution in [1.82, 2.24) is 5.32 Å². The summed E-state index contributed by atoms with van der Waals surface area (Å²) in [5.41, 5.74) is 2.43. The Bertz CT molecular complexity index is 1100. The molecule has 0 radical (unpaired) electrons. The van der Waals surface area contributed by atoms with Crippen molar-refractivity contribution in [1.29, 1.82) is 0 Å². The summed E-state index contributed by atoms with van der Waals surface area (Å²) >= 11 is 0. The molecule has 3 rings (SSSR count). The van der Waals surface area contributed by atoms with Crippen LogP contribution in [0.25, 0.3) is 0 Å². The summed E-state index contributed by atoms with van der Waals surface area (Å²) in [5, 5.41) is 5.59. The Hall–Kier alpha value is -4.00. The lowest BCUT2D eigenvalue weighted by Crippen LogP contribution is -2.24. The molecule has 31 heavy (non-hydrogen) atoms. The average Bonchev–Trinajstić information content (AvgIpc) is 2.74. The topological polar surface area (TPSA) is 84.5 Å². The lowest BCUT2D eigenvalue weighted by Gasteiger charge is -2.10. The predicted molar refractivity (Wildman–Crippen MR) is 114 cm³/mol. The first-order valence-electron chi connectivity index (χ1n) is 9.59. The summed E-state index contributed by atoms with van der Waals surface area (Å²) in [6, 6.07) is 19.2. The maximum Gasteiger partial charge on any atom is 0.308 e. The Kier molecular flexibility index (Phi) is 7.11. The Morgan fingerprint density at radius 3 is 2.39 bits per heavy atom. The molecule has 0 aliphatic heterocycles. The Morgan fingerprint density at radius 1 is 0.903 bits per heavy atom. The molecule has 0 spiro atoms. The molecule has 0 heterocycles. The van der Waals surface area contributed by atoms with Crippen LogP contribution in [-0.2, 0) is 22.6 Å². The zero-order valence-corrected chi connectivity index (χ0v) is 16.9. The van der Waals surface area contributed by atoms with Gasteiger partial charge in [0.15, 0.2) is 0 Å². The Morgan fingerprint density at radius 2 is 1.65 bits per heavy atom. The lowest BCUT2D eigenvalue weighted by atomic mass is 10.1. The van der Waals surface area contributed by atoms with E-state index in [-0.39, 0.29) is 36.3 Å². The van der Waals surface area contributed by atoms with Gasteiger partial charge >= 0.3 is 5.97 Å². The molecule has 7 heteroatoms. The van der Waals surface area contributed by atoms with E-state index in [4.69, 9.17) is 4.74 Å². The quantitative estimate of drug-likeness (QED) is 0.449. The normalized spacial score (nSPS) is 10.3. The number of nitrogens with one attached hydrogen (secondary N) is 2. The van der Waals surface area contributed by atoms with Gasteiger partial charge in [0.1, 0.15) is 11.6 Å². The van der Waals surface area contributed by atoms with E-state index in [1.807, 2.05) is 6.07 Å². The first kappa shape index (κ1) is 21.7. The molecule has 3 aromatic rings. The Balaban J connectivity index is 1.57. The van der Waals surface area contributed by atoms with Crippen molar-refractivity contribution in [3.8, 4) is 5.75 Å². The van der Waals surface area contributed by atoms with Crippen LogP contribution in [0.15, 0.2) is 72.8 Å². The van der Waals surface area contributed by atoms with Crippen LogP contribution in [0.4, 0.5) is 10.1 Å². The molecule has 0 saturated heterocycles. The fourth-order valence-electron chi connectivity index (χ4n) is 2.88. The number of ether oxygens (including phenoxy) is 1. The predicted octanol–water partition coefficient (Wildman–Crippen LogP) is 3.86. The third-order valence-electron chi connectivity index (χ3n) is 4.31. The van der Waals surface area contributed by atoms with E-state index >= 15 is 0 Å². The number of hydrogen-bond donors (Lipinski definition) is 2. The molecular weight excluding hydrogens is 399 g/mol. The highest BCUT2D eigenvalue weighted by atomic mass is 19.1. The van der Waals surface area contributed by atoms with Crippen molar-refractivity contribution in [3.63, 3.8) is 0 Å². The third-order valence-corrected chi connectivity index (χ3v) is 4.31. The number of rotatable bonds is 7. The SMILES string of the molecule is CC(=O)Oc1cccc(C(=O)Nc2cccc(CNC(=O)Cc3ccc(F)cc3)c2)c1. The van der Waals surface area contributed by atoms with Crippen molar-refractivity contribution < 1.29 is 23.5 Å². The van der Waals surface area contributed by atoms with Gasteiger partial charge < -0.3 is 15.4 Å². The minimum Gasteiger partial charge on any atom is -0.427 e. The molecule has 0 fully saturated rings. The van der Waals surface area contributed by atoms with Crippen molar-refractivity contribution in [3.05, 3.63) is 95.3 Å². The third kappa shape index (κ3) is 6.78. The molecule has 0 saturated carbocycles. The molecule has 0 aliphatic carbocycles. The zero-order valence-electron chi connectivity index (χ0n) is 16.9. The van der Waals surface area contributed by atoms with Crippen molar-refractivity contribution in [2.75, 3.05) is 5.32 Å². The largest absolute Gasteiger partial charge is 0.427 e. The summed E-state index contributed by atoms with van der Waals surface area (Å²) < 4.78 is 17.9. The highest BCUT2D eigenvalue weighted by molar-refractivity contribution is 6.04. The molecular formula is C24H21FN2O4. The second-order valence-electron chi connectivity index (χ2n) is 6.86. The van der Waals surface area contributed by atoms with Gasteiger partial charge in [-0.25, -0.2) is 4.39 Å². The van der Waals surface area contributed by atoms with Crippen LogP contribution in [0.5, 0.6) is 5.75 Å². The number of benzene rings is 3. The lowest BCUT2D eigenvalue weighted by molar-refractivity contribution is -0.131. The van der Waals surface area contributed by atoms with Crippen molar-refractivity contribution in [2.24, 2.45) is 0 Å². The summed E-state index contributed by atoms with van der Waals surface area (Å²) in [5.74, 6) is -1.07. The van der Waals surface area contributed by atoms with E-state index in [0.717, 1.165) is 11.1 Å². The van der Waals surface area contributed by atoms with Gasteiger partial charge in [0, 0.05) is 24.7 Å². The van der Waals surface area contributed by atoms with Crippen LogP contribution in [0.2, 0.25) is 0 Å². The van der Waals surface area contributed by atoms with E-state index in [1.54, 1.807) is 48.5 Å². The summed E-state index contributed by atoms with van der Waals surface area (Å²) in [7, 11) is 0. The number of carbonyl (C=O) groups is 3.